The van der Waals surface area contributed by atoms with Gasteiger partial charge in [0.1, 0.15) is 5.82 Å². The maximum Gasteiger partial charge on any atom is 0.272 e. The number of benzene rings is 1. The zero-order valence-electron chi connectivity index (χ0n) is 13.6. The number of anilines is 2. The van der Waals surface area contributed by atoms with Crippen LogP contribution in [-0.2, 0) is 0 Å². The van der Waals surface area contributed by atoms with Gasteiger partial charge in [-0.2, -0.15) is 0 Å². The smallest absolute Gasteiger partial charge is 0.272 e. The van der Waals surface area contributed by atoms with E-state index in [-0.39, 0.29) is 15.7 Å². The lowest BCUT2D eigenvalue weighted by Crippen LogP contribution is -2.47. The van der Waals surface area contributed by atoms with Gasteiger partial charge in [-0.25, -0.2) is 4.98 Å². The van der Waals surface area contributed by atoms with Gasteiger partial charge in [-0.3, -0.25) is 14.9 Å². The molecule has 2 N–H and O–H groups in total. The van der Waals surface area contributed by atoms with Gasteiger partial charge in [0.2, 0.25) is 0 Å². The standard InChI is InChI=1S/C16H15Cl2N5O3/c17-12-8-10(23(25)26)9-13(18)14(12)21-4-6-22(7-5-21)16-11(15(19)24)2-1-3-20-16/h1-3,8-9H,4-7H2,(H2,19,24). The van der Waals surface area contributed by atoms with Crippen molar-refractivity contribution in [2.75, 3.05) is 36.0 Å². The lowest BCUT2D eigenvalue weighted by Gasteiger charge is -2.37. The highest BCUT2D eigenvalue weighted by molar-refractivity contribution is 6.39. The van der Waals surface area contributed by atoms with Crippen molar-refractivity contribution in [2.45, 2.75) is 0 Å². The number of rotatable bonds is 4. The third-order valence-electron chi connectivity index (χ3n) is 4.16. The lowest BCUT2D eigenvalue weighted by molar-refractivity contribution is -0.384. The molecule has 0 unspecified atom stereocenters. The molecule has 1 aliphatic rings. The second kappa shape index (κ2) is 7.35. The van der Waals surface area contributed by atoms with Gasteiger partial charge in [-0.1, -0.05) is 23.2 Å². The van der Waals surface area contributed by atoms with Crippen LogP contribution in [0.4, 0.5) is 17.2 Å². The minimum absolute atomic E-state index is 0.151. The van der Waals surface area contributed by atoms with E-state index in [9.17, 15) is 14.9 Å². The molecule has 1 aromatic heterocycles. The minimum atomic E-state index is -0.536. The fourth-order valence-corrected chi connectivity index (χ4v) is 3.66. The van der Waals surface area contributed by atoms with E-state index in [1.807, 2.05) is 9.80 Å². The summed E-state index contributed by atoms with van der Waals surface area (Å²) in [5, 5.41) is 11.4. The summed E-state index contributed by atoms with van der Waals surface area (Å²) in [6, 6.07) is 5.88. The summed E-state index contributed by atoms with van der Waals surface area (Å²) in [6.07, 6.45) is 1.61. The van der Waals surface area contributed by atoms with Crippen LogP contribution in [0.1, 0.15) is 10.4 Å². The zero-order valence-corrected chi connectivity index (χ0v) is 15.1. The zero-order chi connectivity index (χ0) is 18.8. The number of carbonyl (C=O) groups is 1. The number of pyridine rings is 1. The Kier molecular flexibility index (Phi) is 5.15. The number of aromatic nitrogens is 1. The monoisotopic (exact) mass is 395 g/mol. The number of hydrogen-bond acceptors (Lipinski definition) is 6. The summed E-state index contributed by atoms with van der Waals surface area (Å²) in [4.78, 5) is 30.1. The molecule has 1 aromatic carbocycles. The van der Waals surface area contributed by atoms with Gasteiger partial charge in [-0.05, 0) is 12.1 Å². The van der Waals surface area contributed by atoms with Crippen LogP contribution in [0.2, 0.25) is 10.0 Å². The molecule has 2 heterocycles. The fourth-order valence-electron chi connectivity index (χ4n) is 2.94. The second-order valence-electron chi connectivity index (χ2n) is 5.73. The van der Waals surface area contributed by atoms with Crippen molar-refractivity contribution < 1.29 is 9.72 Å². The molecule has 8 nitrogen and oxygen atoms in total. The van der Waals surface area contributed by atoms with Crippen LogP contribution >= 0.6 is 23.2 Å². The molecule has 1 saturated heterocycles. The number of nitro benzene ring substituents is 1. The number of non-ortho nitro benzene ring substituents is 1. The molecule has 10 heteroatoms. The van der Waals surface area contributed by atoms with E-state index in [2.05, 4.69) is 4.98 Å². The van der Waals surface area contributed by atoms with Gasteiger partial charge in [0.25, 0.3) is 11.6 Å². The Morgan fingerprint density at radius 3 is 2.27 bits per heavy atom. The third-order valence-corrected chi connectivity index (χ3v) is 4.74. The van der Waals surface area contributed by atoms with E-state index in [1.54, 1.807) is 18.3 Å². The van der Waals surface area contributed by atoms with Crippen molar-refractivity contribution in [3.8, 4) is 0 Å². The Morgan fingerprint density at radius 1 is 1.15 bits per heavy atom. The third kappa shape index (κ3) is 3.51. The molecule has 1 aliphatic heterocycles. The van der Waals surface area contributed by atoms with Gasteiger partial charge >= 0.3 is 0 Å². The molecular formula is C16H15Cl2N5O3. The quantitative estimate of drug-likeness (QED) is 0.629. The molecule has 0 saturated carbocycles. The van der Waals surface area contributed by atoms with Crippen LogP contribution in [0.5, 0.6) is 0 Å². The van der Waals surface area contributed by atoms with Crippen molar-refractivity contribution in [1.82, 2.24) is 4.98 Å². The summed E-state index contributed by atoms with van der Waals surface area (Å²) < 4.78 is 0. The van der Waals surface area contributed by atoms with E-state index in [0.717, 1.165) is 0 Å². The van der Waals surface area contributed by atoms with Gasteiger partial charge in [0.05, 0.1) is 26.2 Å². The Hall–Kier alpha value is -2.58. The number of nitrogens with zero attached hydrogens (tertiary/aromatic N) is 4. The Morgan fingerprint density at radius 2 is 1.73 bits per heavy atom. The molecule has 1 amide bonds. The number of hydrogen-bond donors (Lipinski definition) is 1. The van der Waals surface area contributed by atoms with Gasteiger partial charge in [0.15, 0.2) is 0 Å². The Balaban J connectivity index is 1.80. The fraction of sp³-hybridized carbons (Fsp3) is 0.250. The first-order chi connectivity index (χ1) is 12.4. The number of primary amides is 1. The predicted octanol–water partition coefficient (Wildman–Crippen LogP) is 2.72. The van der Waals surface area contributed by atoms with E-state index in [0.29, 0.717) is 43.2 Å². The molecular weight excluding hydrogens is 381 g/mol. The van der Waals surface area contributed by atoms with Crippen molar-refractivity contribution in [3.63, 3.8) is 0 Å². The second-order valence-corrected chi connectivity index (χ2v) is 6.54. The summed E-state index contributed by atoms with van der Waals surface area (Å²) in [5.74, 6) is 0.0116. The molecule has 0 radical (unpaired) electrons. The number of nitro groups is 1. The average molecular weight is 396 g/mol. The Labute approximate surface area is 159 Å². The molecule has 3 rings (SSSR count). The lowest BCUT2D eigenvalue weighted by atomic mass is 10.2. The van der Waals surface area contributed by atoms with Crippen LogP contribution in [0.3, 0.4) is 0 Å². The highest BCUT2D eigenvalue weighted by Gasteiger charge is 2.25. The number of carbonyl (C=O) groups excluding carboxylic acids is 1. The van der Waals surface area contributed by atoms with Crippen LogP contribution in [0.15, 0.2) is 30.5 Å². The highest BCUT2D eigenvalue weighted by atomic mass is 35.5. The molecule has 0 aliphatic carbocycles. The van der Waals surface area contributed by atoms with Gasteiger partial charge in [0, 0.05) is 44.5 Å². The van der Waals surface area contributed by atoms with Crippen LogP contribution in [0.25, 0.3) is 0 Å². The van der Waals surface area contributed by atoms with Crippen LogP contribution in [0, 0.1) is 10.1 Å². The van der Waals surface area contributed by atoms with Crippen molar-refractivity contribution in [2.24, 2.45) is 5.73 Å². The molecule has 0 atom stereocenters. The topological polar surface area (TPSA) is 106 Å². The highest BCUT2D eigenvalue weighted by Crippen LogP contribution is 2.38. The largest absolute Gasteiger partial charge is 0.366 e. The first-order valence-corrected chi connectivity index (χ1v) is 8.52. The molecule has 0 bridgehead atoms. The number of halogens is 2. The van der Waals surface area contributed by atoms with E-state index in [1.165, 1.54) is 12.1 Å². The Bertz CT molecular complexity index is 846. The first-order valence-electron chi connectivity index (χ1n) is 7.76. The van der Waals surface area contributed by atoms with Crippen LogP contribution < -0.4 is 15.5 Å². The number of piperazine rings is 1. The van der Waals surface area contributed by atoms with Crippen molar-refractivity contribution in [1.29, 1.82) is 0 Å². The van der Waals surface area contributed by atoms with E-state index in [4.69, 9.17) is 28.9 Å². The predicted molar refractivity (Wildman–Crippen MR) is 100 cm³/mol. The minimum Gasteiger partial charge on any atom is -0.366 e. The molecule has 26 heavy (non-hydrogen) atoms. The van der Waals surface area contributed by atoms with Gasteiger partial charge < -0.3 is 15.5 Å². The summed E-state index contributed by atoms with van der Waals surface area (Å²) in [5.41, 5.74) is 6.19. The van der Waals surface area contributed by atoms with Crippen LogP contribution in [-0.4, -0.2) is 42.0 Å². The van der Waals surface area contributed by atoms with Crippen molar-refractivity contribution >= 4 is 46.3 Å². The normalized spacial score (nSPS) is 14.4. The molecule has 2 aromatic rings. The average Bonchev–Trinajstić information content (AvgIpc) is 2.61. The summed E-state index contributed by atoms with van der Waals surface area (Å²) in [6.45, 7) is 2.26. The maximum absolute atomic E-state index is 11.6. The molecule has 136 valence electrons. The first kappa shape index (κ1) is 18.2. The summed E-state index contributed by atoms with van der Waals surface area (Å²) >= 11 is 12.4. The van der Waals surface area contributed by atoms with Gasteiger partial charge in [-0.15, -0.1) is 0 Å². The van der Waals surface area contributed by atoms with E-state index < -0.39 is 10.8 Å². The SMILES string of the molecule is NC(=O)c1cccnc1N1CCN(c2c(Cl)cc([N+](=O)[O-])cc2Cl)CC1. The number of amides is 1. The summed E-state index contributed by atoms with van der Waals surface area (Å²) in [7, 11) is 0. The van der Waals surface area contributed by atoms with Crippen molar-refractivity contribution in [3.05, 3.63) is 56.2 Å². The van der Waals surface area contributed by atoms with E-state index >= 15 is 0 Å². The molecule has 1 fully saturated rings. The maximum atomic E-state index is 11.6. The number of nitrogens with two attached hydrogens (primary N) is 1. The molecule has 0 spiro atoms.